The van der Waals surface area contributed by atoms with Gasteiger partial charge in [-0.15, -0.1) is 11.3 Å². The molecule has 28 heavy (non-hydrogen) atoms. The van der Waals surface area contributed by atoms with Crippen LogP contribution in [0.1, 0.15) is 34.7 Å². The fraction of sp³-hybridized carbons (Fsp3) is 0.350. The van der Waals surface area contributed by atoms with Gasteiger partial charge in [-0.1, -0.05) is 41.0 Å². The lowest BCUT2D eigenvalue weighted by molar-refractivity contribution is -0.113. The predicted octanol–water partition coefficient (Wildman–Crippen LogP) is 6.22. The van der Waals surface area contributed by atoms with Crippen molar-refractivity contribution in [3.63, 3.8) is 0 Å². The van der Waals surface area contributed by atoms with E-state index in [1.807, 2.05) is 19.9 Å². The Labute approximate surface area is 182 Å². The van der Waals surface area contributed by atoms with Crippen LogP contribution in [0.25, 0.3) is 10.2 Å². The van der Waals surface area contributed by atoms with Crippen LogP contribution in [0.2, 0.25) is 10.0 Å². The highest BCUT2D eigenvalue weighted by Crippen LogP contribution is 2.40. The number of thiophene rings is 1. The number of thioether (sulfide) groups is 1. The van der Waals surface area contributed by atoms with Gasteiger partial charge in [0.25, 0.3) is 0 Å². The summed E-state index contributed by atoms with van der Waals surface area (Å²) in [5.41, 5.74) is 2.71. The van der Waals surface area contributed by atoms with Gasteiger partial charge in [0.05, 0.1) is 21.5 Å². The molecule has 2 heterocycles. The quantitative estimate of drug-likeness (QED) is 0.377. The second kappa shape index (κ2) is 8.19. The highest BCUT2D eigenvalue weighted by molar-refractivity contribution is 8.00. The summed E-state index contributed by atoms with van der Waals surface area (Å²) in [6.45, 7) is 3.78. The molecule has 0 atom stereocenters. The molecule has 2 aromatic heterocycles. The van der Waals surface area contributed by atoms with Crippen molar-refractivity contribution in [1.29, 1.82) is 0 Å². The minimum Gasteiger partial charge on any atom is -0.323 e. The molecule has 0 spiro atoms. The van der Waals surface area contributed by atoms with Gasteiger partial charge in [-0.05, 0) is 56.7 Å². The number of carbonyl (C=O) groups is 1. The number of anilines is 1. The number of hydrogen-bond donors (Lipinski definition) is 1. The number of rotatable bonds is 4. The summed E-state index contributed by atoms with van der Waals surface area (Å²) < 4.78 is 0. The van der Waals surface area contributed by atoms with E-state index in [4.69, 9.17) is 23.2 Å². The SMILES string of the molecule is Cc1nc(SCC(=O)Nc2c(Cl)ccc(C)c2Cl)c2c3c(sc2n1)CCCC3. The summed E-state index contributed by atoms with van der Waals surface area (Å²) in [4.78, 5) is 24.3. The molecule has 0 saturated carbocycles. The minimum absolute atomic E-state index is 0.159. The van der Waals surface area contributed by atoms with Crippen LogP contribution in [-0.4, -0.2) is 21.6 Å². The first-order valence-electron chi connectivity index (χ1n) is 9.10. The molecule has 1 aliphatic carbocycles. The number of nitrogens with zero attached hydrogens (tertiary/aromatic N) is 2. The van der Waals surface area contributed by atoms with E-state index in [0.29, 0.717) is 15.7 Å². The summed E-state index contributed by atoms with van der Waals surface area (Å²) >= 11 is 15.7. The average Bonchev–Trinajstić information content (AvgIpc) is 3.04. The lowest BCUT2D eigenvalue weighted by Gasteiger charge is -2.12. The molecule has 1 N–H and O–H groups in total. The number of halogens is 2. The monoisotopic (exact) mass is 451 g/mol. The van der Waals surface area contributed by atoms with Crippen molar-refractivity contribution in [2.45, 2.75) is 44.6 Å². The van der Waals surface area contributed by atoms with E-state index in [2.05, 4.69) is 15.3 Å². The van der Waals surface area contributed by atoms with E-state index in [0.717, 1.165) is 39.5 Å². The number of aromatic nitrogens is 2. The minimum atomic E-state index is -0.159. The third kappa shape index (κ3) is 3.88. The van der Waals surface area contributed by atoms with Gasteiger partial charge < -0.3 is 5.32 Å². The topological polar surface area (TPSA) is 54.9 Å². The molecule has 146 valence electrons. The smallest absolute Gasteiger partial charge is 0.234 e. The van der Waals surface area contributed by atoms with E-state index >= 15 is 0 Å². The highest BCUT2D eigenvalue weighted by atomic mass is 35.5. The largest absolute Gasteiger partial charge is 0.323 e. The second-order valence-corrected chi connectivity index (χ2v) is 9.69. The van der Waals surface area contributed by atoms with Crippen LogP contribution >= 0.6 is 46.3 Å². The second-order valence-electron chi connectivity index (χ2n) is 6.86. The van der Waals surface area contributed by atoms with Crippen molar-refractivity contribution in [1.82, 2.24) is 9.97 Å². The third-order valence-corrected chi connectivity index (χ3v) is 7.74. The maximum atomic E-state index is 12.6. The molecule has 4 nitrogen and oxygen atoms in total. The van der Waals surface area contributed by atoms with Gasteiger partial charge in [-0.2, -0.15) is 0 Å². The Bertz CT molecular complexity index is 1080. The number of hydrogen-bond acceptors (Lipinski definition) is 5. The van der Waals surface area contributed by atoms with Crippen LogP contribution in [0.15, 0.2) is 17.2 Å². The summed E-state index contributed by atoms with van der Waals surface area (Å²) in [6.07, 6.45) is 4.61. The fourth-order valence-corrected chi connectivity index (χ4v) is 6.15. The van der Waals surface area contributed by atoms with Crippen LogP contribution in [0.5, 0.6) is 0 Å². The first kappa shape index (κ1) is 20.0. The Morgan fingerprint density at radius 3 is 2.82 bits per heavy atom. The van der Waals surface area contributed by atoms with Crippen LogP contribution in [0.4, 0.5) is 5.69 Å². The van der Waals surface area contributed by atoms with E-state index in [1.54, 1.807) is 17.4 Å². The number of carbonyl (C=O) groups excluding carboxylic acids is 1. The van der Waals surface area contributed by atoms with Crippen molar-refractivity contribution in [2.75, 3.05) is 11.1 Å². The Morgan fingerprint density at radius 1 is 1.21 bits per heavy atom. The first-order valence-corrected chi connectivity index (χ1v) is 11.7. The zero-order valence-corrected chi connectivity index (χ0v) is 18.7. The van der Waals surface area contributed by atoms with Gasteiger partial charge in [-0.3, -0.25) is 4.79 Å². The number of aryl methyl sites for hydroxylation is 4. The Balaban J connectivity index is 1.57. The van der Waals surface area contributed by atoms with Gasteiger partial charge in [0.2, 0.25) is 5.91 Å². The van der Waals surface area contributed by atoms with E-state index in [1.165, 1.54) is 35.0 Å². The molecule has 4 rings (SSSR count). The summed E-state index contributed by atoms with van der Waals surface area (Å²) in [5.74, 6) is 0.809. The molecule has 0 unspecified atom stereocenters. The molecule has 3 aromatic rings. The van der Waals surface area contributed by atoms with Gasteiger partial charge in [0.1, 0.15) is 15.7 Å². The lowest BCUT2D eigenvalue weighted by Crippen LogP contribution is -2.15. The summed E-state index contributed by atoms with van der Waals surface area (Å²) in [7, 11) is 0. The van der Waals surface area contributed by atoms with Crippen molar-refractivity contribution >= 4 is 68.1 Å². The molecule has 0 aliphatic heterocycles. The first-order chi connectivity index (χ1) is 13.4. The Kier molecular flexibility index (Phi) is 5.83. The van der Waals surface area contributed by atoms with Crippen LogP contribution < -0.4 is 5.32 Å². The van der Waals surface area contributed by atoms with E-state index in [-0.39, 0.29) is 11.7 Å². The van der Waals surface area contributed by atoms with Crippen LogP contribution in [-0.2, 0) is 17.6 Å². The van der Waals surface area contributed by atoms with Crippen molar-refractivity contribution in [3.8, 4) is 0 Å². The predicted molar refractivity (Wildman–Crippen MR) is 119 cm³/mol. The molecular weight excluding hydrogens is 433 g/mol. The number of benzene rings is 1. The summed E-state index contributed by atoms with van der Waals surface area (Å²) in [6, 6.07) is 3.57. The van der Waals surface area contributed by atoms with Gasteiger partial charge >= 0.3 is 0 Å². The maximum Gasteiger partial charge on any atom is 0.234 e. The molecule has 0 bridgehead atoms. The maximum absolute atomic E-state index is 12.6. The molecule has 0 saturated heterocycles. The zero-order valence-electron chi connectivity index (χ0n) is 15.6. The average molecular weight is 452 g/mol. The molecule has 8 heteroatoms. The van der Waals surface area contributed by atoms with Crippen molar-refractivity contribution in [2.24, 2.45) is 0 Å². The summed E-state index contributed by atoms with van der Waals surface area (Å²) in [5, 5.41) is 5.77. The standard InChI is InChI=1S/C20H19Cl2N3OS2/c1-10-7-8-13(21)18(17(10)22)25-15(26)9-27-19-16-12-5-3-4-6-14(12)28-20(16)24-11(2)23-19/h7-8H,3-6,9H2,1-2H3,(H,25,26). The fourth-order valence-electron chi connectivity index (χ4n) is 3.41. The van der Waals surface area contributed by atoms with Gasteiger partial charge in [-0.25, -0.2) is 9.97 Å². The molecular formula is C20H19Cl2N3OS2. The zero-order chi connectivity index (χ0) is 19.8. The van der Waals surface area contributed by atoms with E-state index < -0.39 is 0 Å². The third-order valence-electron chi connectivity index (χ3n) is 4.78. The number of nitrogens with one attached hydrogen (secondary N) is 1. The number of fused-ring (bicyclic) bond motifs is 3. The van der Waals surface area contributed by atoms with Crippen molar-refractivity contribution < 1.29 is 4.79 Å². The van der Waals surface area contributed by atoms with Crippen LogP contribution in [0, 0.1) is 13.8 Å². The molecule has 0 radical (unpaired) electrons. The normalized spacial score (nSPS) is 13.6. The van der Waals surface area contributed by atoms with Gasteiger partial charge in [0, 0.05) is 10.3 Å². The highest BCUT2D eigenvalue weighted by Gasteiger charge is 2.21. The van der Waals surface area contributed by atoms with Crippen molar-refractivity contribution in [3.05, 3.63) is 44.0 Å². The van der Waals surface area contributed by atoms with Crippen LogP contribution in [0.3, 0.4) is 0 Å². The molecule has 1 aromatic carbocycles. The number of amides is 1. The Hall–Kier alpha value is -1.34. The Morgan fingerprint density at radius 2 is 2.00 bits per heavy atom. The molecule has 1 aliphatic rings. The van der Waals surface area contributed by atoms with E-state index in [9.17, 15) is 4.79 Å². The van der Waals surface area contributed by atoms with Gasteiger partial charge in [0.15, 0.2) is 0 Å². The molecule has 1 amide bonds. The lowest BCUT2D eigenvalue weighted by atomic mass is 9.97. The molecule has 0 fully saturated rings.